The number of carbonyl (C=O) groups is 2. The van der Waals surface area contributed by atoms with Gasteiger partial charge >= 0.3 is 0 Å². The molecule has 1 rings (SSSR count). The summed E-state index contributed by atoms with van der Waals surface area (Å²) in [7, 11) is 0. The van der Waals surface area contributed by atoms with Gasteiger partial charge in [0.25, 0.3) is 0 Å². The predicted molar refractivity (Wildman–Crippen MR) is 66.2 cm³/mol. The van der Waals surface area contributed by atoms with Gasteiger partial charge in [-0.1, -0.05) is 19.3 Å². The monoisotopic (exact) mass is 241 g/mol. The third-order valence-electron chi connectivity index (χ3n) is 3.20. The lowest BCUT2D eigenvalue weighted by molar-refractivity contribution is -0.129. The van der Waals surface area contributed by atoms with Gasteiger partial charge in [-0.2, -0.15) is 0 Å². The van der Waals surface area contributed by atoms with Crippen LogP contribution in [0.1, 0.15) is 39.0 Å². The molecule has 0 saturated heterocycles. The summed E-state index contributed by atoms with van der Waals surface area (Å²) in [6.07, 6.45) is 5.03. The Hall–Kier alpha value is -1.10. The van der Waals surface area contributed by atoms with Crippen molar-refractivity contribution in [2.45, 2.75) is 45.1 Å². The summed E-state index contributed by atoms with van der Waals surface area (Å²) in [6, 6.07) is -0.0632. The Balaban J connectivity index is 2.37. The van der Waals surface area contributed by atoms with Gasteiger partial charge in [0.1, 0.15) is 0 Å². The van der Waals surface area contributed by atoms with Crippen LogP contribution in [0, 0.1) is 5.92 Å². The van der Waals surface area contributed by atoms with E-state index in [4.69, 9.17) is 5.73 Å². The van der Waals surface area contributed by atoms with Gasteiger partial charge in [-0.3, -0.25) is 9.59 Å². The number of nitrogens with two attached hydrogens (primary N) is 1. The Labute approximate surface area is 103 Å². The second-order valence-corrected chi connectivity index (χ2v) is 4.58. The lowest BCUT2D eigenvalue weighted by Gasteiger charge is -2.20. The van der Waals surface area contributed by atoms with Crippen molar-refractivity contribution in [2.24, 2.45) is 11.7 Å². The fraction of sp³-hybridized carbons (Fsp3) is 0.833. The molecule has 0 bridgehead atoms. The zero-order valence-electron chi connectivity index (χ0n) is 10.5. The minimum absolute atomic E-state index is 0.0515. The van der Waals surface area contributed by atoms with E-state index in [1.165, 1.54) is 0 Å². The molecule has 5 heteroatoms. The van der Waals surface area contributed by atoms with E-state index in [2.05, 4.69) is 10.6 Å². The average Bonchev–Trinajstić information content (AvgIpc) is 2.51. The van der Waals surface area contributed by atoms with Crippen LogP contribution in [0.2, 0.25) is 0 Å². The van der Waals surface area contributed by atoms with Crippen LogP contribution >= 0.6 is 0 Å². The molecule has 4 N–H and O–H groups in total. The molecule has 2 unspecified atom stereocenters. The fourth-order valence-corrected chi connectivity index (χ4v) is 2.22. The molecule has 1 aliphatic rings. The zero-order chi connectivity index (χ0) is 12.7. The average molecular weight is 241 g/mol. The highest BCUT2D eigenvalue weighted by Gasteiger charge is 2.26. The molecule has 0 radical (unpaired) electrons. The Bertz CT molecular complexity index is 268. The highest BCUT2D eigenvalue weighted by molar-refractivity contribution is 5.86. The van der Waals surface area contributed by atoms with Gasteiger partial charge < -0.3 is 16.4 Å². The maximum atomic E-state index is 11.9. The number of nitrogens with one attached hydrogen (secondary N) is 2. The number of carbonyl (C=O) groups excluding carboxylic acids is 2. The molecule has 0 spiro atoms. The first-order chi connectivity index (χ1) is 8.15. The number of hydrogen-bond acceptors (Lipinski definition) is 3. The molecule has 2 amide bonds. The summed E-state index contributed by atoms with van der Waals surface area (Å²) in [5.41, 5.74) is 5.98. The molecule has 1 fully saturated rings. The van der Waals surface area contributed by atoms with Crippen molar-refractivity contribution in [3.8, 4) is 0 Å². The van der Waals surface area contributed by atoms with Crippen LogP contribution in [0.3, 0.4) is 0 Å². The summed E-state index contributed by atoms with van der Waals surface area (Å²) >= 11 is 0. The van der Waals surface area contributed by atoms with Gasteiger partial charge in [-0.15, -0.1) is 0 Å². The Morgan fingerprint density at radius 2 is 1.88 bits per heavy atom. The minimum atomic E-state index is -0.150. The van der Waals surface area contributed by atoms with Gasteiger partial charge in [0.05, 0.1) is 12.5 Å². The van der Waals surface area contributed by atoms with Crippen molar-refractivity contribution >= 4 is 11.8 Å². The summed E-state index contributed by atoms with van der Waals surface area (Å²) < 4.78 is 0. The normalized spacial score (nSPS) is 24.8. The summed E-state index contributed by atoms with van der Waals surface area (Å²) in [5.74, 6) is -0.361. The van der Waals surface area contributed by atoms with Crippen molar-refractivity contribution in [1.29, 1.82) is 0 Å². The van der Waals surface area contributed by atoms with E-state index in [-0.39, 0.29) is 30.3 Å². The molecule has 5 nitrogen and oxygen atoms in total. The topological polar surface area (TPSA) is 84.2 Å². The predicted octanol–water partition coefficient (Wildman–Crippen LogP) is 0.146. The number of hydrogen-bond donors (Lipinski definition) is 3. The van der Waals surface area contributed by atoms with E-state index in [0.717, 1.165) is 32.1 Å². The first-order valence-corrected chi connectivity index (χ1v) is 6.45. The van der Waals surface area contributed by atoms with Gasteiger partial charge in [0, 0.05) is 12.6 Å². The summed E-state index contributed by atoms with van der Waals surface area (Å²) in [5, 5.41) is 5.31. The van der Waals surface area contributed by atoms with Crippen LogP contribution in [0.25, 0.3) is 0 Å². The van der Waals surface area contributed by atoms with Crippen molar-refractivity contribution in [3.05, 3.63) is 0 Å². The van der Waals surface area contributed by atoms with Gasteiger partial charge in [0.2, 0.25) is 11.8 Å². The first kappa shape index (κ1) is 14.0. The molecular formula is C12H23N3O2. The number of amides is 2. The highest BCUT2D eigenvalue weighted by Crippen LogP contribution is 2.22. The van der Waals surface area contributed by atoms with E-state index >= 15 is 0 Å². The van der Waals surface area contributed by atoms with Gasteiger partial charge in [-0.05, 0) is 19.8 Å². The highest BCUT2D eigenvalue weighted by atomic mass is 16.2. The third kappa shape index (κ3) is 4.73. The molecule has 0 aliphatic heterocycles. The molecule has 98 valence electrons. The molecule has 0 heterocycles. The van der Waals surface area contributed by atoms with Crippen molar-refractivity contribution in [2.75, 3.05) is 13.1 Å². The van der Waals surface area contributed by atoms with Crippen molar-refractivity contribution in [1.82, 2.24) is 10.6 Å². The van der Waals surface area contributed by atoms with E-state index in [9.17, 15) is 9.59 Å². The zero-order valence-corrected chi connectivity index (χ0v) is 10.5. The Morgan fingerprint density at radius 1 is 1.18 bits per heavy atom. The molecule has 1 aliphatic carbocycles. The quantitative estimate of drug-likeness (QED) is 0.612. The van der Waals surface area contributed by atoms with Crippen LogP contribution in [-0.2, 0) is 9.59 Å². The largest absolute Gasteiger partial charge is 0.355 e. The maximum absolute atomic E-state index is 11.9. The van der Waals surface area contributed by atoms with Crippen LogP contribution in [0.4, 0.5) is 0 Å². The maximum Gasteiger partial charge on any atom is 0.239 e. The van der Waals surface area contributed by atoms with Crippen LogP contribution in [0.5, 0.6) is 0 Å². The smallest absolute Gasteiger partial charge is 0.239 e. The SMILES string of the molecule is CCNC(=O)CNC(=O)C1CCCCCC1N. The second kappa shape index (κ2) is 7.27. The lowest BCUT2D eigenvalue weighted by Crippen LogP contribution is -2.44. The molecule has 1 saturated carbocycles. The Morgan fingerprint density at radius 3 is 2.59 bits per heavy atom. The van der Waals surface area contributed by atoms with E-state index in [1.54, 1.807) is 0 Å². The number of rotatable bonds is 4. The molecule has 0 aromatic heterocycles. The molecule has 0 aromatic rings. The van der Waals surface area contributed by atoms with Gasteiger partial charge in [0.15, 0.2) is 0 Å². The van der Waals surface area contributed by atoms with Crippen LogP contribution in [-0.4, -0.2) is 30.9 Å². The molecule has 0 aromatic carbocycles. The Kier molecular flexibility index (Phi) is 5.97. The van der Waals surface area contributed by atoms with Crippen molar-refractivity contribution in [3.63, 3.8) is 0 Å². The molecule has 17 heavy (non-hydrogen) atoms. The standard InChI is InChI=1S/C12H23N3O2/c1-2-14-11(16)8-15-12(17)9-6-4-3-5-7-10(9)13/h9-10H,2-8,13H2,1H3,(H,14,16)(H,15,17). The van der Waals surface area contributed by atoms with Crippen molar-refractivity contribution < 1.29 is 9.59 Å². The molecular weight excluding hydrogens is 218 g/mol. The van der Waals surface area contributed by atoms with Gasteiger partial charge in [-0.25, -0.2) is 0 Å². The second-order valence-electron chi connectivity index (χ2n) is 4.58. The van der Waals surface area contributed by atoms with E-state index in [1.807, 2.05) is 6.92 Å². The number of likely N-dealkylation sites (N-methyl/N-ethyl adjacent to an activating group) is 1. The first-order valence-electron chi connectivity index (χ1n) is 6.45. The van der Waals surface area contributed by atoms with E-state index < -0.39 is 0 Å². The summed E-state index contributed by atoms with van der Waals surface area (Å²) in [6.45, 7) is 2.48. The minimum Gasteiger partial charge on any atom is -0.355 e. The summed E-state index contributed by atoms with van der Waals surface area (Å²) in [4.78, 5) is 23.1. The fourth-order valence-electron chi connectivity index (χ4n) is 2.22. The lowest BCUT2D eigenvalue weighted by atomic mass is 9.94. The van der Waals surface area contributed by atoms with E-state index in [0.29, 0.717) is 6.54 Å². The van der Waals surface area contributed by atoms with Crippen LogP contribution in [0.15, 0.2) is 0 Å². The molecule has 2 atom stereocenters. The third-order valence-corrected chi connectivity index (χ3v) is 3.20. The van der Waals surface area contributed by atoms with Crippen LogP contribution < -0.4 is 16.4 Å².